The van der Waals surface area contributed by atoms with E-state index in [2.05, 4.69) is 13.8 Å². The molecule has 3 amide bonds. The van der Waals surface area contributed by atoms with E-state index in [4.69, 9.17) is 19.6 Å². The molecule has 36 heavy (non-hydrogen) atoms. The van der Waals surface area contributed by atoms with Crippen LogP contribution in [0.5, 0.6) is 11.5 Å². The number of ether oxygens (including phenoxy) is 2. The van der Waals surface area contributed by atoms with Crippen molar-refractivity contribution < 1.29 is 29.0 Å². The highest BCUT2D eigenvalue weighted by atomic mass is 16.5. The number of carboxylic acids is 1. The van der Waals surface area contributed by atoms with Gasteiger partial charge in [-0.3, -0.25) is 14.6 Å². The number of benzene rings is 2. The van der Waals surface area contributed by atoms with Crippen molar-refractivity contribution in [1.29, 1.82) is 0 Å². The van der Waals surface area contributed by atoms with Crippen molar-refractivity contribution in [2.45, 2.75) is 51.7 Å². The zero-order valence-corrected chi connectivity index (χ0v) is 21.0. The van der Waals surface area contributed by atoms with Crippen molar-refractivity contribution in [3.63, 3.8) is 0 Å². The number of carbonyl (C=O) groups excluding carboxylic acids is 2. The molecule has 0 radical (unpaired) electrons. The summed E-state index contributed by atoms with van der Waals surface area (Å²) in [5.41, 5.74) is 4.27. The lowest BCUT2D eigenvalue weighted by molar-refractivity contribution is -0.137. The van der Waals surface area contributed by atoms with Gasteiger partial charge in [0, 0.05) is 23.1 Å². The number of aliphatic carboxylic acids is 1. The van der Waals surface area contributed by atoms with Crippen LogP contribution in [0.4, 0.5) is 10.5 Å². The van der Waals surface area contributed by atoms with Crippen LogP contribution >= 0.6 is 0 Å². The number of carbonyl (C=O) groups is 3. The lowest BCUT2D eigenvalue weighted by Gasteiger charge is -2.31. The number of rotatable bonds is 5. The molecule has 0 saturated carbocycles. The van der Waals surface area contributed by atoms with E-state index in [1.54, 1.807) is 25.3 Å². The first-order valence-corrected chi connectivity index (χ1v) is 11.9. The number of aliphatic imine (C=N–C) groups is 1. The molecule has 3 aliphatic rings. The second kappa shape index (κ2) is 8.08. The summed E-state index contributed by atoms with van der Waals surface area (Å²) in [6, 6.07) is 8.49. The van der Waals surface area contributed by atoms with Gasteiger partial charge in [0.2, 0.25) is 0 Å². The van der Waals surface area contributed by atoms with Gasteiger partial charge >= 0.3 is 12.0 Å². The SMILES string of the molecule is COc1cc2c(c3c1OC(C)(C)C3)C(c1cccc(N3C(=O)CN(CC(=O)O)C3=O)c1)=NC(C)(C)C2. The molecule has 9 nitrogen and oxygen atoms in total. The molecular weight excluding hydrogens is 462 g/mol. The molecule has 3 heterocycles. The standard InChI is InChI=1S/C27H29N3O6/c1-26(2)11-16-10-19(35-5)24-18(12-27(3,4)36-24)22(16)23(28-26)15-7-6-8-17(9-15)30-20(31)13-29(25(30)34)14-21(32)33/h6-10H,11-14H2,1-5H3,(H,32,33). The summed E-state index contributed by atoms with van der Waals surface area (Å²) in [7, 11) is 1.64. The van der Waals surface area contributed by atoms with Crippen LogP contribution in [-0.4, -0.2) is 65.0 Å². The Kier molecular flexibility index (Phi) is 5.35. The van der Waals surface area contributed by atoms with Gasteiger partial charge in [0.25, 0.3) is 5.91 Å². The molecular formula is C27H29N3O6. The molecule has 1 saturated heterocycles. The minimum absolute atomic E-state index is 0.272. The van der Waals surface area contributed by atoms with E-state index in [-0.39, 0.29) is 12.1 Å². The van der Waals surface area contributed by atoms with Crippen LogP contribution in [0, 0.1) is 0 Å². The highest BCUT2D eigenvalue weighted by Crippen LogP contribution is 2.48. The molecule has 2 aromatic carbocycles. The lowest BCUT2D eigenvalue weighted by atomic mass is 9.81. The zero-order valence-electron chi connectivity index (χ0n) is 21.0. The first kappa shape index (κ1) is 23.8. The maximum absolute atomic E-state index is 12.8. The number of hydrogen-bond acceptors (Lipinski definition) is 6. The molecule has 2 aromatic rings. The van der Waals surface area contributed by atoms with Crippen LogP contribution in [0.25, 0.3) is 0 Å². The number of methoxy groups -OCH3 is 1. The highest BCUT2D eigenvalue weighted by Gasteiger charge is 2.41. The van der Waals surface area contributed by atoms with Gasteiger partial charge in [-0.25, -0.2) is 9.69 Å². The average Bonchev–Trinajstić information content (AvgIpc) is 3.25. The Hall–Kier alpha value is -3.88. The first-order valence-electron chi connectivity index (χ1n) is 11.9. The topological polar surface area (TPSA) is 109 Å². The van der Waals surface area contributed by atoms with Crippen LogP contribution in [0.15, 0.2) is 35.3 Å². The third kappa shape index (κ3) is 3.98. The predicted octanol–water partition coefficient (Wildman–Crippen LogP) is 3.43. The monoisotopic (exact) mass is 491 g/mol. The summed E-state index contributed by atoms with van der Waals surface area (Å²) in [4.78, 5) is 43.8. The Bertz CT molecular complexity index is 1340. The lowest BCUT2D eigenvalue weighted by Crippen LogP contribution is -2.35. The molecule has 0 aromatic heterocycles. The van der Waals surface area contributed by atoms with Crippen molar-refractivity contribution >= 4 is 29.3 Å². The minimum atomic E-state index is -1.17. The molecule has 0 unspecified atom stereocenters. The Labute approximate surface area is 209 Å². The van der Waals surface area contributed by atoms with Crippen molar-refractivity contribution in [3.8, 4) is 11.5 Å². The number of anilines is 1. The molecule has 5 rings (SSSR count). The van der Waals surface area contributed by atoms with Crippen LogP contribution < -0.4 is 14.4 Å². The summed E-state index contributed by atoms with van der Waals surface area (Å²) in [6.45, 7) is 7.41. The Morgan fingerprint density at radius 1 is 1.17 bits per heavy atom. The summed E-state index contributed by atoms with van der Waals surface area (Å²) >= 11 is 0. The molecule has 0 atom stereocenters. The maximum atomic E-state index is 12.8. The van der Waals surface area contributed by atoms with E-state index in [0.717, 1.165) is 49.9 Å². The van der Waals surface area contributed by atoms with Gasteiger partial charge in [-0.1, -0.05) is 12.1 Å². The smallest absolute Gasteiger partial charge is 0.332 e. The average molecular weight is 492 g/mol. The van der Waals surface area contributed by atoms with Gasteiger partial charge in [0.15, 0.2) is 11.5 Å². The van der Waals surface area contributed by atoms with E-state index < -0.39 is 30.1 Å². The van der Waals surface area contributed by atoms with Crippen molar-refractivity contribution in [2.24, 2.45) is 4.99 Å². The number of imide groups is 1. The van der Waals surface area contributed by atoms with E-state index >= 15 is 0 Å². The van der Waals surface area contributed by atoms with Crippen molar-refractivity contribution in [1.82, 2.24) is 4.90 Å². The molecule has 0 bridgehead atoms. The quantitative estimate of drug-likeness (QED) is 0.642. The third-order valence-electron chi connectivity index (χ3n) is 6.64. The highest BCUT2D eigenvalue weighted by molar-refractivity contribution is 6.21. The number of fused-ring (bicyclic) bond motifs is 3. The van der Waals surface area contributed by atoms with Gasteiger partial charge in [0.1, 0.15) is 18.7 Å². The molecule has 188 valence electrons. The summed E-state index contributed by atoms with van der Waals surface area (Å²) < 4.78 is 11.9. The van der Waals surface area contributed by atoms with Gasteiger partial charge < -0.3 is 19.5 Å². The first-order chi connectivity index (χ1) is 16.9. The fraction of sp³-hybridized carbons (Fsp3) is 0.407. The number of urea groups is 1. The Morgan fingerprint density at radius 3 is 2.61 bits per heavy atom. The largest absolute Gasteiger partial charge is 0.493 e. The minimum Gasteiger partial charge on any atom is -0.493 e. The van der Waals surface area contributed by atoms with E-state index in [1.165, 1.54) is 0 Å². The van der Waals surface area contributed by atoms with Gasteiger partial charge in [0.05, 0.1) is 24.0 Å². The second-order valence-corrected chi connectivity index (χ2v) is 10.7. The van der Waals surface area contributed by atoms with Crippen LogP contribution in [0.3, 0.4) is 0 Å². The summed E-state index contributed by atoms with van der Waals surface area (Å²) in [5.74, 6) is -0.215. The number of nitrogens with zero attached hydrogens (tertiary/aromatic N) is 3. The molecule has 1 fully saturated rings. The number of carboxylic acid groups (broad SMARTS) is 1. The van der Waals surface area contributed by atoms with Gasteiger partial charge in [-0.05, 0) is 57.9 Å². The molecule has 3 aliphatic heterocycles. The fourth-order valence-electron chi connectivity index (χ4n) is 5.31. The van der Waals surface area contributed by atoms with Crippen LogP contribution in [0.1, 0.15) is 49.9 Å². The summed E-state index contributed by atoms with van der Waals surface area (Å²) in [6.07, 6.45) is 1.41. The van der Waals surface area contributed by atoms with Crippen molar-refractivity contribution in [2.75, 3.05) is 25.1 Å². The molecule has 9 heteroatoms. The Morgan fingerprint density at radius 2 is 1.92 bits per heavy atom. The van der Waals surface area contributed by atoms with Crippen LogP contribution in [-0.2, 0) is 22.4 Å². The predicted molar refractivity (Wildman–Crippen MR) is 133 cm³/mol. The normalized spacial score (nSPS) is 19.5. The zero-order chi connectivity index (χ0) is 26.0. The molecule has 0 aliphatic carbocycles. The van der Waals surface area contributed by atoms with Crippen LogP contribution in [0.2, 0.25) is 0 Å². The fourth-order valence-corrected chi connectivity index (χ4v) is 5.31. The maximum Gasteiger partial charge on any atom is 0.332 e. The van der Waals surface area contributed by atoms with E-state index in [1.807, 2.05) is 26.0 Å². The summed E-state index contributed by atoms with van der Waals surface area (Å²) in [5, 5.41) is 9.08. The van der Waals surface area contributed by atoms with E-state index in [9.17, 15) is 14.4 Å². The second-order valence-electron chi connectivity index (χ2n) is 10.7. The van der Waals surface area contributed by atoms with E-state index in [0.29, 0.717) is 17.9 Å². The van der Waals surface area contributed by atoms with Gasteiger partial charge in [-0.2, -0.15) is 0 Å². The third-order valence-corrected chi connectivity index (χ3v) is 6.64. The van der Waals surface area contributed by atoms with Gasteiger partial charge in [-0.15, -0.1) is 0 Å². The Balaban J connectivity index is 1.62. The molecule has 0 spiro atoms. The number of amides is 3. The molecule has 1 N–H and O–H groups in total. The number of hydrogen-bond donors (Lipinski definition) is 1. The van der Waals surface area contributed by atoms with Crippen molar-refractivity contribution in [3.05, 3.63) is 52.6 Å².